The van der Waals surface area contributed by atoms with Gasteiger partial charge in [0.25, 0.3) is 5.91 Å². The van der Waals surface area contributed by atoms with Crippen molar-refractivity contribution >= 4 is 17.6 Å². The van der Waals surface area contributed by atoms with Crippen LogP contribution in [0.1, 0.15) is 42.5 Å². The zero-order chi connectivity index (χ0) is 16.2. The minimum atomic E-state index is -0.218. The number of carbonyl (C=O) groups is 2. The summed E-state index contributed by atoms with van der Waals surface area (Å²) < 4.78 is 0. The SMILES string of the molecule is NCC1CCCC1NC(=O)c1cccc(NC(=O)NC2CC2)c1. The number of amides is 3. The molecule has 1 aromatic carbocycles. The first-order valence-corrected chi connectivity index (χ1v) is 8.34. The van der Waals surface area contributed by atoms with E-state index in [1.54, 1.807) is 24.3 Å². The summed E-state index contributed by atoms with van der Waals surface area (Å²) in [6.45, 7) is 0.605. The van der Waals surface area contributed by atoms with Gasteiger partial charge in [-0.1, -0.05) is 12.5 Å². The Morgan fingerprint density at radius 2 is 1.96 bits per heavy atom. The Labute approximate surface area is 136 Å². The Hall–Kier alpha value is -2.08. The van der Waals surface area contributed by atoms with E-state index in [1.807, 2.05) is 0 Å². The molecule has 0 saturated heterocycles. The van der Waals surface area contributed by atoms with E-state index in [-0.39, 0.29) is 18.0 Å². The van der Waals surface area contributed by atoms with Gasteiger partial charge in [-0.25, -0.2) is 4.79 Å². The summed E-state index contributed by atoms with van der Waals surface area (Å²) in [5.74, 6) is 0.256. The van der Waals surface area contributed by atoms with E-state index in [0.29, 0.717) is 29.8 Å². The number of rotatable bonds is 5. The van der Waals surface area contributed by atoms with Crippen LogP contribution in [0.25, 0.3) is 0 Å². The fourth-order valence-electron chi connectivity index (χ4n) is 3.08. The topological polar surface area (TPSA) is 96.2 Å². The van der Waals surface area contributed by atoms with Gasteiger partial charge < -0.3 is 21.7 Å². The fraction of sp³-hybridized carbons (Fsp3) is 0.529. The standard InChI is InChI=1S/C17H24N4O2/c18-10-12-4-2-6-15(12)21-16(22)11-3-1-5-14(9-11)20-17(23)19-13-7-8-13/h1,3,5,9,12-13,15H,2,4,6-8,10,18H2,(H,21,22)(H2,19,20,23). The number of hydrogen-bond acceptors (Lipinski definition) is 3. The molecule has 2 aliphatic rings. The van der Waals surface area contributed by atoms with E-state index in [9.17, 15) is 9.59 Å². The quantitative estimate of drug-likeness (QED) is 0.667. The van der Waals surface area contributed by atoms with Crippen LogP contribution in [0.2, 0.25) is 0 Å². The summed E-state index contributed by atoms with van der Waals surface area (Å²) in [4.78, 5) is 24.2. The van der Waals surface area contributed by atoms with Crippen LogP contribution >= 0.6 is 0 Å². The van der Waals surface area contributed by atoms with Crippen LogP contribution in [0.15, 0.2) is 24.3 Å². The average Bonchev–Trinajstić information content (AvgIpc) is 3.23. The molecule has 2 aliphatic carbocycles. The van der Waals surface area contributed by atoms with Crippen molar-refractivity contribution in [2.45, 2.75) is 44.2 Å². The summed E-state index contributed by atoms with van der Waals surface area (Å²) in [7, 11) is 0. The zero-order valence-corrected chi connectivity index (χ0v) is 13.2. The van der Waals surface area contributed by atoms with Crippen LogP contribution in [0, 0.1) is 5.92 Å². The molecule has 3 rings (SSSR count). The first-order chi connectivity index (χ1) is 11.2. The van der Waals surface area contributed by atoms with Gasteiger partial charge in [-0.2, -0.15) is 0 Å². The van der Waals surface area contributed by atoms with Crippen LogP contribution in [0.4, 0.5) is 10.5 Å². The Bertz CT molecular complexity index is 586. The van der Waals surface area contributed by atoms with Crippen molar-refractivity contribution in [3.63, 3.8) is 0 Å². The van der Waals surface area contributed by atoms with E-state index in [2.05, 4.69) is 16.0 Å². The minimum absolute atomic E-state index is 0.110. The van der Waals surface area contributed by atoms with Gasteiger partial charge >= 0.3 is 6.03 Å². The Kier molecular flexibility index (Phi) is 4.81. The lowest BCUT2D eigenvalue weighted by molar-refractivity contribution is 0.0928. The maximum atomic E-state index is 12.4. The van der Waals surface area contributed by atoms with Crippen LogP contribution in [0.5, 0.6) is 0 Å². The van der Waals surface area contributed by atoms with Gasteiger partial charge in [0.1, 0.15) is 0 Å². The fourth-order valence-corrected chi connectivity index (χ4v) is 3.08. The van der Waals surface area contributed by atoms with Crippen LogP contribution in [0.3, 0.4) is 0 Å². The first-order valence-electron chi connectivity index (χ1n) is 8.34. The molecule has 2 fully saturated rings. The second-order valence-electron chi connectivity index (χ2n) is 6.46. The first kappa shape index (κ1) is 15.8. The van der Waals surface area contributed by atoms with Crippen LogP contribution in [-0.2, 0) is 0 Å². The van der Waals surface area contributed by atoms with Crippen molar-refractivity contribution in [3.8, 4) is 0 Å². The molecular weight excluding hydrogens is 292 g/mol. The van der Waals surface area contributed by atoms with Crippen molar-refractivity contribution in [2.75, 3.05) is 11.9 Å². The second kappa shape index (κ2) is 7.00. The minimum Gasteiger partial charge on any atom is -0.349 e. The smallest absolute Gasteiger partial charge is 0.319 e. The van der Waals surface area contributed by atoms with E-state index < -0.39 is 0 Å². The highest BCUT2D eigenvalue weighted by Crippen LogP contribution is 2.25. The van der Waals surface area contributed by atoms with Gasteiger partial charge in [-0.3, -0.25) is 4.79 Å². The Morgan fingerprint density at radius 3 is 2.70 bits per heavy atom. The molecule has 0 aliphatic heterocycles. The van der Waals surface area contributed by atoms with E-state index in [4.69, 9.17) is 5.73 Å². The maximum Gasteiger partial charge on any atom is 0.319 e. The molecule has 0 radical (unpaired) electrons. The molecule has 0 aromatic heterocycles. The van der Waals surface area contributed by atoms with E-state index >= 15 is 0 Å². The predicted molar refractivity (Wildman–Crippen MR) is 89.3 cm³/mol. The highest BCUT2D eigenvalue weighted by atomic mass is 16.2. The largest absolute Gasteiger partial charge is 0.349 e. The molecule has 124 valence electrons. The van der Waals surface area contributed by atoms with Gasteiger partial charge in [-0.05, 0) is 56.3 Å². The Morgan fingerprint density at radius 1 is 1.13 bits per heavy atom. The molecular formula is C17H24N4O2. The highest BCUT2D eigenvalue weighted by Gasteiger charge is 2.27. The van der Waals surface area contributed by atoms with Gasteiger partial charge in [0.05, 0.1) is 0 Å². The number of carbonyl (C=O) groups excluding carboxylic acids is 2. The van der Waals surface area contributed by atoms with Gasteiger partial charge in [0.15, 0.2) is 0 Å². The van der Waals surface area contributed by atoms with Crippen LogP contribution in [-0.4, -0.2) is 30.6 Å². The lowest BCUT2D eigenvalue weighted by atomic mass is 10.0. The highest BCUT2D eigenvalue weighted by molar-refractivity contribution is 5.97. The van der Waals surface area contributed by atoms with Crippen molar-refractivity contribution in [1.82, 2.24) is 10.6 Å². The molecule has 1 aromatic rings. The molecule has 0 bridgehead atoms. The van der Waals surface area contributed by atoms with Crippen molar-refractivity contribution < 1.29 is 9.59 Å². The summed E-state index contributed by atoms with van der Waals surface area (Å²) in [6, 6.07) is 7.25. The third-order valence-electron chi connectivity index (χ3n) is 4.57. The predicted octanol–water partition coefficient (Wildman–Crippen LogP) is 1.83. The monoisotopic (exact) mass is 316 g/mol. The number of urea groups is 1. The van der Waals surface area contributed by atoms with Gasteiger partial charge in [0.2, 0.25) is 0 Å². The van der Waals surface area contributed by atoms with Gasteiger partial charge in [-0.15, -0.1) is 0 Å². The van der Waals surface area contributed by atoms with Crippen molar-refractivity contribution in [2.24, 2.45) is 11.7 Å². The molecule has 6 nitrogen and oxygen atoms in total. The van der Waals surface area contributed by atoms with Crippen molar-refractivity contribution in [3.05, 3.63) is 29.8 Å². The molecule has 3 amide bonds. The normalized spacial score (nSPS) is 23.3. The molecule has 23 heavy (non-hydrogen) atoms. The number of anilines is 1. The summed E-state index contributed by atoms with van der Waals surface area (Å²) in [5.41, 5.74) is 6.93. The summed E-state index contributed by atoms with van der Waals surface area (Å²) >= 11 is 0. The summed E-state index contributed by atoms with van der Waals surface area (Å²) in [5, 5.41) is 8.70. The third-order valence-corrected chi connectivity index (χ3v) is 4.57. The number of hydrogen-bond donors (Lipinski definition) is 4. The van der Waals surface area contributed by atoms with E-state index in [0.717, 1.165) is 32.1 Å². The number of nitrogens with one attached hydrogen (secondary N) is 3. The van der Waals surface area contributed by atoms with Crippen LogP contribution < -0.4 is 21.7 Å². The molecule has 2 unspecified atom stereocenters. The van der Waals surface area contributed by atoms with Gasteiger partial charge in [0, 0.05) is 23.3 Å². The molecule has 0 spiro atoms. The number of benzene rings is 1. The zero-order valence-electron chi connectivity index (χ0n) is 13.2. The van der Waals surface area contributed by atoms with E-state index in [1.165, 1.54) is 0 Å². The lowest BCUT2D eigenvalue weighted by Crippen LogP contribution is -2.39. The number of nitrogens with two attached hydrogens (primary N) is 1. The molecule has 5 N–H and O–H groups in total. The molecule has 6 heteroatoms. The summed E-state index contributed by atoms with van der Waals surface area (Å²) in [6.07, 6.45) is 5.24. The second-order valence-corrected chi connectivity index (χ2v) is 6.46. The Balaban J connectivity index is 1.59. The third kappa shape index (κ3) is 4.22. The maximum absolute atomic E-state index is 12.4. The van der Waals surface area contributed by atoms with Crippen molar-refractivity contribution in [1.29, 1.82) is 0 Å². The average molecular weight is 316 g/mol. The lowest BCUT2D eigenvalue weighted by Gasteiger charge is -2.19. The molecule has 2 atom stereocenters. The molecule has 2 saturated carbocycles. The molecule has 0 heterocycles.